The second-order valence-electron chi connectivity index (χ2n) is 25.4. The Morgan fingerprint density at radius 2 is 0.626 bits per heavy atom. The lowest BCUT2D eigenvalue weighted by Gasteiger charge is -2.36. The van der Waals surface area contributed by atoms with Crippen LogP contribution in [-0.4, -0.2) is 0 Å². The quantitative estimate of drug-likeness (QED) is 0.111. The lowest BCUT2D eigenvalue weighted by atomic mass is 9.68. The molecule has 2 nitrogen and oxygen atoms in total. The predicted molar refractivity (Wildman–Crippen MR) is 389 cm³/mol. The molecular formula is C89H58N2. The van der Waals surface area contributed by atoms with Crippen LogP contribution in [0.5, 0.6) is 0 Å². The summed E-state index contributed by atoms with van der Waals surface area (Å²) in [7, 11) is 0. The van der Waals surface area contributed by atoms with E-state index in [4.69, 9.17) is 0 Å². The molecule has 91 heavy (non-hydrogen) atoms. The van der Waals surface area contributed by atoms with Crippen LogP contribution in [0.1, 0.15) is 25.0 Å². The van der Waals surface area contributed by atoms with Crippen LogP contribution in [0, 0.1) is 0 Å². The molecule has 0 N–H and O–H groups in total. The number of para-hydroxylation sites is 2. The third-order valence-electron chi connectivity index (χ3n) is 20.3. The first-order chi connectivity index (χ1) is 44.9. The molecule has 0 spiro atoms. The second kappa shape index (κ2) is 19.7. The molecule has 17 aromatic carbocycles. The zero-order chi connectivity index (χ0) is 60.1. The number of hydrogen-bond acceptors (Lipinski definition) is 2. The summed E-state index contributed by atoms with van der Waals surface area (Å²) >= 11 is 0. The van der Waals surface area contributed by atoms with Crippen LogP contribution in [0.25, 0.3) is 142 Å². The van der Waals surface area contributed by atoms with Gasteiger partial charge in [-0.25, -0.2) is 0 Å². The van der Waals surface area contributed by atoms with Gasteiger partial charge in [-0.05, 0) is 226 Å². The fraction of sp³-hybridized carbons (Fsp3) is 0.0337. The maximum absolute atomic E-state index is 2.52. The van der Waals surface area contributed by atoms with Crippen LogP contribution in [-0.2, 0) is 5.41 Å². The first kappa shape index (κ1) is 51.5. The highest BCUT2D eigenvalue weighted by atomic mass is 15.1. The van der Waals surface area contributed by atoms with Gasteiger partial charge in [-0.15, -0.1) is 0 Å². The Morgan fingerprint density at radius 3 is 1.23 bits per heavy atom. The van der Waals surface area contributed by atoms with Gasteiger partial charge in [0.25, 0.3) is 0 Å². The third-order valence-corrected chi connectivity index (χ3v) is 20.3. The molecule has 0 saturated heterocycles. The Labute approximate surface area is 528 Å². The molecule has 0 saturated carbocycles. The van der Waals surface area contributed by atoms with Gasteiger partial charge in [0.2, 0.25) is 0 Å². The molecule has 2 aliphatic rings. The zero-order valence-corrected chi connectivity index (χ0v) is 50.4. The molecule has 0 heterocycles. The molecule has 0 amide bonds. The summed E-state index contributed by atoms with van der Waals surface area (Å²) < 4.78 is 0. The van der Waals surface area contributed by atoms with Gasteiger partial charge >= 0.3 is 0 Å². The highest BCUT2D eigenvalue weighted by Crippen LogP contribution is 2.56. The average molecular weight is 1160 g/mol. The van der Waals surface area contributed by atoms with Gasteiger partial charge < -0.3 is 9.80 Å². The second-order valence-corrected chi connectivity index (χ2v) is 25.4. The van der Waals surface area contributed by atoms with Crippen LogP contribution < -0.4 is 9.80 Å². The van der Waals surface area contributed by atoms with Crippen molar-refractivity contribution in [3.8, 4) is 55.6 Å². The van der Waals surface area contributed by atoms with Crippen molar-refractivity contribution in [2.45, 2.75) is 19.3 Å². The summed E-state index contributed by atoms with van der Waals surface area (Å²) in [6.45, 7) is 4.81. The molecule has 2 aliphatic carbocycles. The van der Waals surface area contributed by atoms with Crippen molar-refractivity contribution in [2.75, 3.05) is 9.80 Å². The molecule has 0 bridgehead atoms. The van der Waals surface area contributed by atoms with E-state index in [9.17, 15) is 0 Å². The molecular weight excluding hydrogens is 1100 g/mol. The van der Waals surface area contributed by atoms with E-state index < -0.39 is 0 Å². The Morgan fingerprint density at radius 1 is 0.209 bits per heavy atom. The van der Waals surface area contributed by atoms with Crippen LogP contribution in [0.2, 0.25) is 0 Å². The molecule has 0 aliphatic heterocycles. The monoisotopic (exact) mass is 1150 g/mol. The first-order valence-electron chi connectivity index (χ1n) is 31.8. The van der Waals surface area contributed by atoms with E-state index in [0.29, 0.717) is 0 Å². The van der Waals surface area contributed by atoms with Crippen LogP contribution in [0.3, 0.4) is 0 Å². The molecule has 0 fully saturated rings. The van der Waals surface area contributed by atoms with Crippen LogP contribution in [0.4, 0.5) is 34.1 Å². The predicted octanol–water partition coefficient (Wildman–Crippen LogP) is 25.1. The SMILES string of the molecule is CC1(C)c2cc(N(c3ccccc3)c3ccc4c(-c5cc6ccccc6c6ccccc56)c5cc(N(c6ccccc6)c6ccc7c8c(cccc68)-c6ccccc6-7)ccc5c(-c5cc6ccccc6c6ccccc56)c4c3)ccc2-c2cccc3cccc1c23. The number of nitrogens with zero attached hydrogens (tertiary/aromatic N) is 2. The number of anilines is 6. The minimum atomic E-state index is -0.263. The topological polar surface area (TPSA) is 6.48 Å². The average Bonchev–Trinajstić information content (AvgIpc) is 1.01. The molecule has 0 aromatic heterocycles. The molecule has 0 unspecified atom stereocenters. The Balaban J connectivity index is 0.941. The van der Waals surface area contributed by atoms with E-state index in [2.05, 4.69) is 339 Å². The minimum absolute atomic E-state index is 0.263. The highest BCUT2D eigenvalue weighted by Gasteiger charge is 2.35. The van der Waals surface area contributed by atoms with Crippen LogP contribution in [0.15, 0.2) is 315 Å². The van der Waals surface area contributed by atoms with Crippen molar-refractivity contribution >= 4 is 120 Å². The fourth-order valence-corrected chi connectivity index (χ4v) is 16.3. The number of hydrogen-bond donors (Lipinski definition) is 0. The van der Waals surface area contributed by atoms with Crippen molar-refractivity contribution in [1.82, 2.24) is 0 Å². The normalized spacial score (nSPS) is 12.8. The summed E-state index contributed by atoms with van der Waals surface area (Å²) in [5, 5.41) is 19.7. The minimum Gasteiger partial charge on any atom is -0.310 e. The largest absolute Gasteiger partial charge is 0.310 e. The lowest BCUT2D eigenvalue weighted by molar-refractivity contribution is 0.645. The van der Waals surface area contributed by atoms with Gasteiger partial charge in [0.05, 0.1) is 5.69 Å². The fourth-order valence-electron chi connectivity index (χ4n) is 16.3. The van der Waals surface area contributed by atoms with Crippen molar-refractivity contribution in [2.24, 2.45) is 0 Å². The number of rotatable bonds is 8. The Bertz CT molecular complexity index is 5900. The van der Waals surface area contributed by atoms with Gasteiger partial charge in [-0.1, -0.05) is 250 Å². The molecule has 0 radical (unpaired) electrons. The van der Waals surface area contributed by atoms with Gasteiger partial charge in [0.15, 0.2) is 0 Å². The Hall–Kier alpha value is -11.6. The maximum atomic E-state index is 2.52. The zero-order valence-electron chi connectivity index (χ0n) is 50.4. The smallest absolute Gasteiger partial charge is 0.0540 e. The summed E-state index contributed by atoms with van der Waals surface area (Å²) in [5.74, 6) is 0. The van der Waals surface area contributed by atoms with E-state index >= 15 is 0 Å². The van der Waals surface area contributed by atoms with Crippen molar-refractivity contribution in [1.29, 1.82) is 0 Å². The summed E-state index contributed by atoms with van der Waals surface area (Å²) in [4.78, 5) is 4.99. The molecule has 17 aromatic rings. The summed E-state index contributed by atoms with van der Waals surface area (Å²) in [5.41, 5.74) is 21.5. The highest BCUT2D eigenvalue weighted by molar-refractivity contribution is 6.30. The summed E-state index contributed by atoms with van der Waals surface area (Å²) in [6.07, 6.45) is 0. The van der Waals surface area contributed by atoms with E-state index in [1.165, 1.54) is 153 Å². The van der Waals surface area contributed by atoms with Gasteiger partial charge in [-0.2, -0.15) is 0 Å². The lowest BCUT2D eigenvalue weighted by Crippen LogP contribution is -2.24. The summed E-state index contributed by atoms with van der Waals surface area (Å²) in [6, 6.07) is 119. The Kier molecular flexibility index (Phi) is 11.1. The van der Waals surface area contributed by atoms with E-state index in [0.717, 1.165) is 34.1 Å². The van der Waals surface area contributed by atoms with Crippen molar-refractivity contribution < 1.29 is 0 Å². The van der Waals surface area contributed by atoms with E-state index in [1.54, 1.807) is 0 Å². The van der Waals surface area contributed by atoms with E-state index in [1.807, 2.05) is 0 Å². The maximum Gasteiger partial charge on any atom is 0.0540 e. The van der Waals surface area contributed by atoms with Gasteiger partial charge in [-0.3, -0.25) is 0 Å². The van der Waals surface area contributed by atoms with Crippen LogP contribution >= 0.6 is 0 Å². The number of benzene rings is 17. The van der Waals surface area contributed by atoms with E-state index in [-0.39, 0.29) is 5.41 Å². The molecule has 2 heteroatoms. The van der Waals surface area contributed by atoms with Gasteiger partial charge in [0, 0.05) is 39.2 Å². The molecule has 19 rings (SSSR count). The standard InChI is InChI=1S/C89H58N2/c1-89(2)82-41-20-25-55-24-19-38-73(85(55)82)71-45-42-62(54-83(71)89)90(58-26-5-3-6-27-58)60-43-46-75-80(52-60)87(78-50-56-22-9-11-30-63(56)65-32-13-17-36-69(65)78)76-47-44-61(53-81(76)88(75)79-51-57-23-10-12-31-64(57)66-33-14-18-37-70(66)79)91(59-28-7-4-8-29-59)84-49-48-74-68-35-16-15-34-67(68)72-39-21-40-77(84)86(72)74/h3-54H,1-2H3. The molecule has 0 atom stereocenters. The van der Waals surface area contributed by atoms with Gasteiger partial charge in [0.1, 0.15) is 0 Å². The number of fused-ring (bicyclic) bond motifs is 13. The van der Waals surface area contributed by atoms with Crippen molar-refractivity contribution in [3.63, 3.8) is 0 Å². The third kappa shape index (κ3) is 7.60. The van der Waals surface area contributed by atoms with Crippen molar-refractivity contribution in [3.05, 3.63) is 327 Å². The first-order valence-corrected chi connectivity index (χ1v) is 31.8. The molecule has 424 valence electrons.